The van der Waals surface area contributed by atoms with E-state index in [1.807, 2.05) is 38.1 Å². The molecule has 0 aromatic heterocycles. The molecule has 1 atom stereocenters. The zero-order valence-electron chi connectivity index (χ0n) is 15.4. The Morgan fingerprint density at radius 1 is 1.15 bits per heavy atom. The number of aryl methyl sites for hydroxylation is 1. The smallest absolute Gasteiger partial charge is 0.244 e. The quantitative estimate of drug-likeness (QED) is 0.836. The van der Waals surface area contributed by atoms with Gasteiger partial charge in [-0.25, -0.2) is 0 Å². The number of carbonyl (C=O) groups excluding carboxylic acids is 1. The van der Waals surface area contributed by atoms with E-state index in [1.54, 1.807) is 6.08 Å². The van der Waals surface area contributed by atoms with Gasteiger partial charge < -0.3 is 15.0 Å². The fourth-order valence-corrected chi connectivity index (χ4v) is 3.09. The highest BCUT2D eigenvalue weighted by Crippen LogP contribution is 2.20. The summed E-state index contributed by atoms with van der Waals surface area (Å²) in [4.78, 5) is 14.5. The Labute approximate surface area is 155 Å². The van der Waals surface area contributed by atoms with E-state index in [-0.39, 0.29) is 11.9 Å². The number of anilines is 1. The Morgan fingerprint density at radius 3 is 2.58 bits per heavy atom. The van der Waals surface area contributed by atoms with E-state index in [0.29, 0.717) is 0 Å². The van der Waals surface area contributed by atoms with Crippen LogP contribution < -0.4 is 10.2 Å². The lowest BCUT2D eigenvalue weighted by Crippen LogP contribution is -2.36. The molecule has 1 unspecified atom stereocenters. The highest BCUT2D eigenvalue weighted by molar-refractivity contribution is 5.92. The minimum atomic E-state index is -0.0868. The summed E-state index contributed by atoms with van der Waals surface area (Å²) in [6, 6.07) is 16.4. The van der Waals surface area contributed by atoms with E-state index in [4.69, 9.17) is 4.74 Å². The van der Waals surface area contributed by atoms with Gasteiger partial charge in [0.2, 0.25) is 5.91 Å². The van der Waals surface area contributed by atoms with Crippen LogP contribution in [0.2, 0.25) is 0 Å². The zero-order chi connectivity index (χ0) is 18.4. The average Bonchev–Trinajstić information content (AvgIpc) is 2.67. The van der Waals surface area contributed by atoms with Gasteiger partial charge in [-0.2, -0.15) is 0 Å². The number of benzene rings is 2. The Kier molecular flexibility index (Phi) is 6.08. The first-order valence-electron chi connectivity index (χ1n) is 9.10. The first-order valence-corrected chi connectivity index (χ1v) is 9.10. The van der Waals surface area contributed by atoms with Crippen molar-refractivity contribution in [2.75, 3.05) is 31.2 Å². The molecule has 0 spiro atoms. The maximum absolute atomic E-state index is 12.2. The first kappa shape index (κ1) is 18.2. The van der Waals surface area contributed by atoms with Crippen molar-refractivity contribution < 1.29 is 9.53 Å². The Hall–Kier alpha value is -2.59. The van der Waals surface area contributed by atoms with Gasteiger partial charge in [-0.05, 0) is 43.2 Å². The van der Waals surface area contributed by atoms with Gasteiger partial charge in [0.1, 0.15) is 0 Å². The van der Waals surface area contributed by atoms with Gasteiger partial charge in [0.25, 0.3) is 0 Å². The molecule has 0 saturated carbocycles. The van der Waals surface area contributed by atoms with E-state index in [0.717, 1.165) is 37.4 Å². The molecule has 26 heavy (non-hydrogen) atoms. The van der Waals surface area contributed by atoms with E-state index in [1.165, 1.54) is 11.3 Å². The van der Waals surface area contributed by atoms with Crippen LogP contribution in [0.4, 0.5) is 5.69 Å². The van der Waals surface area contributed by atoms with Crippen molar-refractivity contribution in [1.29, 1.82) is 0 Å². The van der Waals surface area contributed by atoms with Crippen molar-refractivity contribution in [2.24, 2.45) is 0 Å². The summed E-state index contributed by atoms with van der Waals surface area (Å²) >= 11 is 0. The van der Waals surface area contributed by atoms with Crippen LogP contribution in [0.5, 0.6) is 0 Å². The lowest BCUT2D eigenvalue weighted by atomic mass is 10.1. The lowest BCUT2D eigenvalue weighted by Gasteiger charge is -2.29. The Balaban J connectivity index is 1.56. The summed E-state index contributed by atoms with van der Waals surface area (Å²) in [5.74, 6) is -0.0868. The molecule has 3 rings (SSSR count). The molecule has 2 aromatic carbocycles. The van der Waals surface area contributed by atoms with Gasteiger partial charge in [0.05, 0.1) is 19.3 Å². The molecule has 1 fully saturated rings. The molecule has 1 N–H and O–H groups in total. The number of amides is 1. The molecule has 1 heterocycles. The minimum Gasteiger partial charge on any atom is -0.378 e. The van der Waals surface area contributed by atoms with Crippen LogP contribution in [0.25, 0.3) is 6.08 Å². The summed E-state index contributed by atoms with van der Waals surface area (Å²) in [5, 5.41) is 3.02. The third kappa shape index (κ3) is 4.96. The van der Waals surface area contributed by atoms with E-state index in [2.05, 4.69) is 40.5 Å². The van der Waals surface area contributed by atoms with Crippen LogP contribution in [0.15, 0.2) is 54.6 Å². The van der Waals surface area contributed by atoms with Gasteiger partial charge in [-0.1, -0.05) is 42.0 Å². The predicted molar refractivity (Wildman–Crippen MR) is 106 cm³/mol. The van der Waals surface area contributed by atoms with Crippen LogP contribution in [-0.4, -0.2) is 32.2 Å². The molecule has 4 heteroatoms. The number of morpholine rings is 1. The average molecular weight is 350 g/mol. The molecular formula is C22H26N2O2. The molecule has 0 bridgehead atoms. The summed E-state index contributed by atoms with van der Waals surface area (Å²) in [6.45, 7) is 7.45. The third-order valence-corrected chi connectivity index (χ3v) is 4.60. The zero-order valence-corrected chi connectivity index (χ0v) is 15.4. The number of hydrogen-bond acceptors (Lipinski definition) is 3. The van der Waals surface area contributed by atoms with Gasteiger partial charge in [-0.3, -0.25) is 4.79 Å². The normalized spacial score (nSPS) is 15.8. The monoisotopic (exact) mass is 350 g/mol. The molecule has 1 amide bonds. The molecule has 0 aliphatic carbocycles. The van der Waals surface area contributed by atoms with Gasteiger partial charge >= 0.3 is 0 Å². The van der Waals surface area contributed by atoms with E-state index < -0.39 is 0 Å². The maximum Gasteiger partial charge on any atom is 0.244 e. The summed E-state index contributed by atoms with van der Waals surface area (Å²) in [6.07, 6.45) is 3.43. The highest BCUT2D eigenvalue weighted by atomic mass is 16.5. The molecule has 136 valence electrons. The van der Waals surface area contributed by atoms with Crippen LogP contribution >= 0.6 is 0 Å². The summed E-state index contributed by atoms with van der Waals surface area (Å²) in [5.41, 5.74) is 4.51. The fourth-order valence-electron chi connectivity index (χ4n) is 3.09. The molecule has 2 aromatic rings. The van der Waals surface area contributed by atoms with Crippen LogP contribution in [-0.2, 0) is 9.53 Å². The van der Waals surface area contributed by atoms with Crippen molar-refractivity contribution >= 4 is 17.7 Å². The fraction of sp³-hybridized carbons (Fsp3) is 0.318. The Morgan fingerprint density at radius 2 is 1.88 bits per heavy atom. The summed E-state index contributed by atoms with van der Waals surface area (Å²) in [7, 11) is 0. The minimum absolute atomic E-state index is 0.0385. The molecular weight excluding hydrogens is 324 g/mol. The maximum atomic E-state index is 12.2. The molecule has 0 radical (unpaired) electrons. The van der Waals surface area contributed by atoms with Crippen molar-refractivity contribution in [3.05, 3.63) is 71.3 Å². The van der Waals surface area contributed by atoms with E-state index >= 15 is 0 Å². The number of nitrogens with zero attached hydrogens (tertiary/aromatic N) is 1. The molecule has 1 aliphatic rings. The molecule has 1 aliphatic heterocycles. The van der Waals surface area contributed by atoms with Gasteiger partial charge in [-0.15, -0.1) is 0 Å². The number of hydrogen-bond donors (Lipinski definition) is 1. The SMILES string of the molecule is Cc1cccc(/C=C/C(=O)NC(C)c2ccc(N3CCOCC3)cc2)c1. The van der Waals surface area contributed by atoms with Gasteiger partial charge in [0, 0.05) is 24.9 Å². The highest BCUT2D eigenvalue weighted by Gasteiger charge is 2.12. The number of carbonyl (C=O) groups is 1. The van der Waals surface area contributed by atoms with Crippen LogP contribution in [0.1, 0.15) is 29.7 Å². The third-order valence-electron chi connectivity index (χ3n) is 4.60. The van der Waals surface area contributed by atoms with Gasteiger partial charge in [0.15, 0.2) is 0 Å². The van der Waals surface area contributed by atoms with E-state index in [9.17, 15) is 4.79 Å². The largest absolute Gasteiger partial charge is 0.378 e. The second-order valence-electron chi connectivity index (χ2n) is 6.67. The number of nitrogens with one attached hydrogen (secondary N) is 1. The molecule has 1 saturated heterocycles. The standard InChI is InChI=1S/C22H26N2O2/c1-17-4-3-5-19(16-17)6-11-22(25)23-18(2)20-7-9-21(10-8-20)24-12-14-26-15-13-24/h3-11,16,18H,12-15H2,1-2H3,(H,23,25)/b11-6+. The number of ether oxygens (including phenoxy) is 1. The number of rotatable bonds is 5. The van der Waals surface area contributed by atoms with Crippen LogP contribution in [0.3, 0.4) is 0 Å². The lowest BCUT2D eigenvalue weighted by molar-refractivity contribution is -0.117. The predicted octanol–water partition coefficient (Wildman–Crippen LogP) is 3.72. The molecule has 4 nitrogen and oxygen atoms in total. The van der Waals surface area contributed by atoms with Crippen LogP contribution in [0, 0.1) is 6.92 Å². The Bertz CT molecular complexity index is 762. The van der Waals surface area contributed by atoms with Crippen molar-refractivity contribution in [3.63, 3.8) is 0 Å². The topological polar surface area (TPSA) is 41.6 Å². The summed E-state index contributed by atoms with van der Waals surface area (Å²) < 4.78 is 5.39. The second kappa shape index (κ2) is 8.68. The van der Waals surface area contributed by atoms with Crippen molar-refractivity contribution in [2.45, 2.75) is 19.9 Å². The second-order valence-corrected chi connectivity index (χ2v) is 6.67. The van der Waals surface area contributed by atoms with Crippen molar-refractivity contribution in [3.8, 4) is 0 Å². The van der Waals surface area contributed by atoms with Crippen molar-refractivity contribution in [1.82, 2.24) is 5.32 Å². The first-order chi connectivity index (χ1) is 12.6.